The first-order valence-corrected chi connectivity index (χ1v) is 7.76. The highest BCUT2D eigenvalue weighted by molar-refractivity contribution is 5.46. The molecule has 21 heavy (non-hydrogen) atoms. The van der Waals surface area contributed by atoms with Crippen molar-refractivity contribution in [2.75, 3.05) is 13.2 Å². The van der Waals surface area contributed by atoms with Crippen molar-refractivity contribution in [2.24, 2.45) is 0 Å². The first-order chi connectivity index (χ1) is 10.2. The maximum atomic E-state index is 5.64. The van der Waals surface area contributed by atoms with Gasteiger partial charge in [0.2, 0.25) is 0 Å². The van der Waals surface area contributed by atoms with E-state index in [9.17, 15) is 0 Å². The van der Waals surface area contributed by atoms with Gasteiger partial charge in [-0.3, -0.25) is 0 Å². The minimum atomic E-state index is 0.296. The number of benzene rings is 2. The van der Waals surface area contributed by atoms with Crippen LogP contribution in [0.3, 0.4) is 0 Å². The third-order valence-corrected chi connectivity index (χ3v) is 4.44. The average Bonchev–Trinajstić information content (AvgIpc) is 2.50. The Balaban J connectivity index is 2.02. The first-order valence-electron chi connectivity index (χ1n) is 7.76. The fraction of sp³-hybridized carbons (Fsp3) is 0.368. The predicted molar refractivity (Wildman–Crippen MR) is 87.1 cm³/mol. The Morgan fingerprint density at radius 2 is 2.00 bits per heavy atom. The second kappa shape index (κ2) is 5.90. The topological polar surface area (TPSA) is 21.3 Å². The van der Waals surface area contributed by atoms with Crippen LogP contribution in [0.1, 0.15) is 40.8 Å². The molecule has 3 rings (SSSR count). The smallest absolute Gasteiger partial charge is 0.119 e. The van der Waals surface area contributed by atoms with Crippen molar-refractivity contribution in [1.29, 1.82) is 0 Å². The quantitative estimate of drug-likeness (QED) is 0.920. The summed E-state index contributed by atoms with van der Waals surface area (Å²) in [6, 6.07) is 13.4. The summed E-state index contributed by atoms with van der Waals surface area (Å²) < 4.78 is 5.64. The molecule has 1 unspecified atom stereocenters. The molecule has 2 nitrogen and oxygen atoms in total. The van der Waals surface area contributed by atoms with Crippen molar-refractivity contribution >= 4 is 0 Å². The average molecular weight is 281 g/mol. The molecule has 0 aliphatic carbocycles. The molecule has 1 aliphatic rings. The van der Waals surface area contributed by atoms with Gasteiger partial charge in [0.1, 0.15) is 5.75 Å². The van der Waals surface area contributed by atoms with Gasteiger partial charge in [-0.15, -0.1) is 0 Å². The lowest BCUT2D eigenvalue weighted by Gasteiger charge is -2.29. The van der Waals surface area contributed by atoms with E-state index >= 15 is 0 Å². The van der Waals surface area contributed by atoms with E-state index in [0.717, 1.165) is 25.3 Å². The van der Waals surface area contributed by atoms with Gasteiger partial charge in [0.15, 0.2) is 0 Å². The Morgan fingerprint density at radius 3 is 2.81 bits per heavy atom. The van der Waals surface area contributed by atoms with Gasteiger partial charge >= 0.3 is 0 Å². The molecule has 1 aliphatic heterocycles. The Labute approximate surface area is 127 Å². The normalized spacial score (nSPS) is 17.4. The van der Waals surface area contributed by atoms with Gasteiger partial charge < -0.3 is 10.1 Å². The predicted octanol–water partition coefficient (Wildman–Crippen LogP) is 3.94. The van der Waals surface area contributed by atoms with Gasteiger partial charge in [0.05, 0.1) is 12.6 Å². The zero-order valence-electron chi connectivity index (χ0n) is 13.1. The van der Waals surface area contributed by atoms with Crippen LogP contribution in [0.25, 0.3) is 0 Å². The van der Waals surface area contributed by atoms with E-state index in [1.165, 1.54) is 27.8 Å². The van der Waals surface area contributed by atoms with Gasteiger partial charge in [-0.25, -0.2) is 0 Å². The number of hydrogen-bond donors (Lipinski definition) is 1. The van der Waals surface area contributed by atoms with Crippen molar-refractivity contribution in [1.82, 2.24) is 5.32 Å². The lowest BCUT2D eigenvalue weighted by atomic mass is 9.87. The van der Waals surface area contributed by atoms with Crippen LogP contribution in [-0.4, -0.2) is 13.2 Å². The third kappa shape index (κ3) is 2.68. The van der Waals surface area contributed by atoms with Gasteiger partial charge in [0, 0.05) is 6.54 Å². The van der Waals surface area contributed by atoms with Gasteiger partial charge in [-0.2, -0.15) is 0 Å². The monoisotopic (exact) mass is 281 g/mol. The minimum Gasteiger partial charge on any atom is -0.494 e. The zero-order chi connectivity index (χ0) is 14.8. The number of nitrogens with one attached hydrogen (secondary N) is 1. The summed E-state index contributed by atoms with van der Waals surface area (Å²) in [4.78, 5) is 0. The molecular weight excluding hydrogens is 258 g/mol. The Kier molecular flexibility index (Phi) is 3.98. The van der Waals surface area contributed by atoms with E-state index in [4.69, 9.17) is 4.74 Å². The number of fused-ring (bicyclic) bond motifs is 1. The molecule has 2 aromatic carbocycles. The molecular formula is C19H23NO. The number of ether oxygens (including phenoxy) is 1. The van der Waals surface area contributed by atoms with Crippen molar-refractivity contribution in [3.63, 3.8) is 0 Å². The molecule has 1 atom stereocenters. The van der Waals surface area contributed by atoms with Crippen LogP contribution in [-0.2, 0) is 6.42 Å². The second-order valence-electron chi connectivity index (χ2n) is 5.72. The summed E-state index contributed by atoms with van der Waals surface area (Å²) >= 11 is 0. The molecule has 2 aromatic rings. The zero-order valence-corrected chi connectivity index (χ0v) is 13.1. The molecule has 1 N–H and O–H groups in total. The largest absolute Gasteiger partial charge is 0.494 e. The van der Waals surface area contributed by atoms with Crippen molar-refractivity contribution in [3.05, 3.63) is 64.2 Å². The van der Waals surface area contributed by atoms with E-state index in [2.05, 4.69) is 55.6 Å². The summed E-state index contributed by atoms with van der Waals surface area (Å²) in [5, 5.41) is 3.67. The molecule has 110 valence electrons. The highest BCUT2D eigenvalue weighted by Gasteiger charge is 2.23. The number of hydrogen-bond acceptors (Lipinski definition) is 2. The van der Waals surface area contributed by atoms with Crippen LogP contribution in [0, 0.1) is 13.8 Å². The van der Waals surface area contributed by atoms with Crippen molar-refractivity contribution in [3.8, 4) is 5.75 Å². The molecule has 0 radical (unpaired) electrons. The first kappa shape index (κ1) is 14.2. The van der Waals surface area contributed by atoms with E-state index < -0.39 is 0 Å². The van der Waals surface area contributed by atoms with Crippen molar-refractivity contribution < 1.29 is 4.74 Å². The summed E-state index contributed by atoms with van der Waals surface area (Å²) in [6.45, 7) is 8.16. The maximum Gasteiger partial charge on any atom is 0.119 e. The van der Waals surface area contributed by atoms with Crippen LogP contribution in [0.2, 0.25) is 0 Å². The van der Waals surface area contributed by atoms with Crippen LogP contribution < -0.4 is 10.1 Å². The second-order valence-corrected chi connectivity index (χ2v) is 5.72. The standard InChI is InChI=1S/C19H23NO/c1-4-21-16-8-9-18-15(12-16)10-11-20-19(18)17-7-5-6-13(2)14(17)3/h5-9,12,19-20H,4,10-11H2,1-3H3. The lowest BCUT2D eigenvalue weighted by Crippen LogP contribution is -2.31. The van der Waals surface area contributed by atoms with Crippen LogP contribution >= 0.6 is 0 Å². The number of rotatable bonds is 3. The molecule has 0 aromatic heterocycles. The maximum absolute atomic E-state index is 5.64. The molecule has 1 heterocycles. The van der Waals surface area contributed by atoms with E-state index in [1.807, 2.05) is 6.92 Å². The minimum absolute atomic E-state index is 0.296. The third-order valence-electron chi connectivity index (χ3n) is 4.44. The molecule has 2 heteroatoms. The summed E-state index contributed by atoms with van der Waals surface area (Å²) in [7, 11) is 0. The Hall–Kier alpha value is -1.80. The fourth-order valence-electron chi connectivity index (χ4n) is 3.16. The van der Waals surface area contributed by atoms with E-state index in [0.29, 0.717) is 6.04 Å². The summed E-state index contributed by atoms with van der Waals surface area (Å²) in [5.74, 6) is 0.984. The molecule has 0 saturated heterocycles. The van der Waals surface area contributed by atoms with Gasteiger partial charge in [0.25, 0.3) is 0 Å². The molecule has 0 bridgehead atoms. The Morgan fingerprint density at radius 1 is 1.14 bits per heavy atom. The van der Waals surface area contributed by atoms with Gasteiger partial charge in [-0.05, 0) is 67.1 Å². The Bertz CT molecular complexity index is 648. The van der Waals surface area contributed by atoms with E-state index in [1.54, 1.807) is 0 Å². The SMILES string of the molecule is CCOc1ccc2c(c1)CCNC2c1cccc(C)c1C. The van der Waals surface area contributed by atoms with Crippen LogP contribution in [0.4, 0.5) is 0 Å². The molecule has 0 spiro atoms. The lowest BCUT2D eigenvalue weighted by molar-refractivity contribution is 0.339. The van der Waals surface area contributed by atoms with Crippen LogP contribution in [0.5, 0.6) is 5.75 Å². The number of aryl methyl sites for hydroxylation is 1. The van der Waals surface area contributed by atoms with E-state index in [-0.39, 0.29) is 0 Å². The molecule has 0 fully saturated rings. The fourth-order valence-corrected chi connectivity index (χ4v) is 3.16. The highest BCUT2D eigenvalue weighted by Crippen LogP contribution is 2.33. The summed E-state index contributed by atoms with van der Waals surface area (Å²) in [5.41, 5.74) is 6.92. The summed E-state index contributed by atoms with van der Waals surface area (Å²) in [6.07, 6.45) is 1.07. The van der Waals surface area contributed by atoms with Crippen LogP contribution in [0.15, 0.2) is 36.4 Å². The van der Waals surface area contributed by atoms with Crippen molar-refractivity contribution in [2.45, 2.75) is 33.2 Å². The highest BCUT2D eigenvalue weighted by atomic mass is 16.5. The molecule has 0 amide bonds. The van der Waals surface area contributed by atoms with Gasteiger partial charge in [-0.1, -0.05) is 24.3 Å². The molecule has 0 saturated carbocycles.